The van der Waals surface area contributed by atoms with Gasteiger partial charge in [-0.15, -0.1) is 0 Å². The van der Waals surface area contributed by atoms with E-state index in [1.165, 1.54) is 0 Å². The Hall–Kier alpha value is -0.520. The molecular formula is C10H24F3NO5S. The first kappa shape index (κ1) is 27.8. The van der Waals surface area contributed by atoms with E-state index in [-0.39, 0.29) is 16.6 Å². The van der Waals surface area contributed by atoms with Crippen molar-refractivity contribution in [3.63, 3.8) is 0 Å². The van der Waals surface area contributed by atoms with Gasteiger partial charge < -0.3 is 30.7 Å². The van der Waals surface area contributed by atoms with Crippen LogP contribution < -0.4 is 5.32 Å². The standard InChI is InChI=1S/C5H12O.C4H7NO.CHF3OS.2H2O/c1-5(2,3)6-4;6-4-1-2-5-3-4;2-1(3,4)6-5;;/h1-4H3;1,5-6H,2-3H2;5H;2*1H2. The summed E-state index contributed by atoms with van der Waals surface area (Å²) in [6.07, 6.45) is 1.76. The van der Waals surface area contributed by atoms with Crippen LogP contribution in [0.4, 0.5) is 13.2 Å². The van der Waals surface area contributed by atoms with Crippen LogP contribution in [-0.2, 0) is 4.74 Å². The molecule has 0 fully saturated rings. The molecule has 1 heterocycles. The van der Waals surface area contributed by atoms with Crippen LogP contribution in [0.15, 0.2) is 11.8 Å². The van der Waals surface area contributed by atoms with E-state index in [9.17, 15) is 13.2 Å². The molecule has 1 aliphatic rings. The number of ether oxygens (including phenoxy) is 1. The van der Waals surface area contributed by atoms with Crippen LogP contribution >= 0.6 is 12.0 Å². The third-order valence-corrected chi connectivity index (χ3v) is 1.71. The summed E-state index contributed by atoms with van der Waals surface area (Å²) in [6, 6.07) is 0. The Morgan fingerprint density at radius 1 is 1.25 bits per heavy atom. The van der Waals surface area contributed by atoms with Crippen LogP contribution in [0.25, 0.3) is 0 Å². The summed E-state index contributed by atoms with van der Waals surface area (Å²) in [6.45, 7) is 7.54. The number of alkyl halides is 3. The van der Waals surface area contributed by atoms with Crippen LogP contribution in [0.1, 0.15) is 20.8 Å². The molecule has 126 valence electrons. The second-order valence-corrected chi connectivity index (χ2v) is 4.83. The fourth-order valence-corrected chi connectivity index (χ4v) is 0.462. The van der Waals surface area contributed by atoms with Gasteiger partial charge >= 0.3 is 5.51 Å². The van der Waals surface area contributed by atoms with Crippen molar-refractivity contribution in [2.45, 2.75) is 31.9 Å². The molecule has 0 saturated carbocycles. The van der Waals surface area contributed by atoms with Crippen molar-refractivity contribution in [2.24, 2.45) is 0 Å². The summed E-state index contributed by atoms with van der Waals surface area (Å²) in [5, 5.41) is 11.5. The zero-order valence-electron chi connectivity index (χ0n) is 11.8. The summed E-state index contributed by atoms with van der Waals surface area (Å²) in [4.78, 5) is 0. The molecule has 0 saturated heterocycles. The normalized spacial score (nSPS) is 13.5. The molecule has 0 unspecified atom stereocenters. The molecular weight excluding hydrogens is 303 g/mol. The smallest absolute Gasteiger partial charge is 0.467 e. The average molecular weight is 327 g/mol. The van der Waals surface area contributed by atoms with E-state index in [0.717, 1.165) is 6.54 Å². The SMILES string of the molecule is COC(C)(C)C.O.O.OC1=CCNC1.OSC(F)(F)F. The molecule has 20 heavy (non-hydrogen) atoms. The molecule has 0 spiro atoms. The fraction of sp³-hybridized carbons (Fsp3) is 0.800. The zero-order chi connectivity index (χ0) is 14.8. The summed E-state index contributed by atoms with van der Waals surface area (Å²) < 4.78 is 43.6. The number of halogens is 3. The lowest BCUT2D eigenvalue weighted by Crippen LogP contribution is -2.15. The highest BCUT2D eigenvalue weighted by Gasteiger charge is 2.27. The van der Waals surface area contributed by atoms with Crippen molar-refractivity contribution in [3.05, 3.63) is 11.8 Å². The van der Waals surface area contributed by atoms with Crippen molar-refractivity contribution in [1.29, 1.82) is 0 Å². The van der Waals surface area contributed by atoms with E-state index < -0.39 is 17.6 Å². The van der Waals surface area contributed by atoms with Crippen LogP contribution in [0, 0.1) is 0 Å². The maximum absolute atomic E-state index is 10.5. The van der Waals surface area contributed by atoms with Crippen LogP contribution in [0.3, 0.4) is 0 Å². The lowest BCUT2D eigenvalue weighted by Gasteiger charge is -2.14. The molecule has 0 amide bonds. The Morgan fingerprint density at radius 3 is 1.65 bits per heavy atom. The third-order valence-electron chi connectivity index (χ3n) is 1.50. The molecule has 0 bridgehead atoms. The largest absolute Gasteiger partial charge is 0.511 e. The first-order valence-electron chi connectivity index (χ1n) is 5.05. The topological polar surface area (TPSA) is 125 Å². The molecule has 1 rings (SSSR count). The minimum Gasteiger partial charge on any atom is -0.511 e. The van der Waals surface area contributed by atoms with Gasteiger partial charge in [-0.2, -0.15) is 13.2 Å². The number of hydrogen-bond acceptors (Lipinski definition) is 5. The lowest BCUT2D eigenvalue weighted by molar-refractivity contribution is -0.0376. The lowest BCUT2D eigenvalue weighted by atomic mass is 10.2. The van der Waals surface area contributed by atoms with E-state index in [2.05, 4.69) is 5.32 Å². The van der Waals surface area contributed by atoms with Gasteiger partial charge in [-0.05, 0) is 26.8 Å². The monoisotopic (exact) mass is 327 g/mol. The molecule has 0 aromatic rings. The number of hydrogen-bond donors (Lipinski definition) is 3. The van der Waals surface area contributed by atoms with Crippen molar-refractivity contribution in [2.75, 3.05) is 20.2 Å². The Bertz CT molecular complexity index is 230. The van der Waals surface area contributed by atoms with Crippen LogP contribution in [0.2, 0.25) is 0 Å². The molecule has 0 aliphatic carbocycles. The molecule has 0 aromatic heterocycles. The fourth-order valence-electron chi connectivity index (χ4n) is 0.462. The minimum absolute atomic E-state index is 0. The third kappa shape index (κ3) is 30.5. The Morgan fingerprint density at radius 2 is 1.60 bits per heavy atom. The maximum Gasteiger partial charge on any atom is 0.467 e. The van der Waals surface area contributed by atoms with Gasteiger partial charge in [0.05, 0.1) is 12.1 Å². The van der Waals surface area contributed by atoms with E-state index >= 15 is 0 Å². The van der Waals surface area contributed by atoms with Gasteiger partial charge in [-0.25, -0.2) is 0 Å². The van der Waals surface area contributed by atoms with E-state index in [1.807, 2.05) is 20.8 Å². The summed E-state index contributed by atoms with van der Waals surface area (Å²) >= 11 is -1.12. The Labute approximate surface area is 120 Å². The highest BCUT2D eigenvalue weighted by molar-refractivity contribution is 7.94. The average Bonchev–Trinajstić information content (AvgIpc) is 2.69. The quantitative estimate of drug-likeness (QED) is 0.582. The highest BCUT2D eigenvalue weighted by Crippen LogP contribution is 2.26. The van der Waals surface area contributed by atoms with Crippen molar-refractivity contribution in [3.8, 4) is 0 Å². The molecule has 6 nitrogen and oxygen atoms in total. The molecule has 1 aliphatic heterocycles. The maximum atomic E-state index is 10.5. The van der Waals surface area contributed by atoms with Crippen molar-refractivity contribution in [1.82, 2.24) is 5.32 Å². The Balaban J connectivity index is -0.0000000914. The molecule has 7 N–H and O–H groups in total. The van der Waals surface area contributed by atoms with Gasteiger partial charge in [-0.3, -0.25) is 0 Å². The van der Waals surface area contributed by atoms with E-state index in [1.54, 1.807) is 13.2 Å². The summed E-state index contributed by atoms with van der Waals surface area (Å²) in [5.74, 6) is 0.468. The van der Waals surface area contributed by atoms with Crippen LogP contribution in [0.5, 0.6) is 0 Å². The Kier molecular flexibility index (Phi) is 18.7. The first-order chi connectivity index (χ1) is 8.02. The van der Waals surface area contributed by atoms with Gasteiger partial charge in [0.15, 0.2) is 0 Å². The van der Waals surface area contributed by atoms with E-state index in [0.29, 0.717) is 12.3 Å². The minimum atomic E-state index is -4.49. The molecule has 0 aromatic carbocycles. The van der Waals surface area contributed by atoms with Crippen molar-refractivity contribution >= 4 is 12.0 Å². The number of methoxy groups -OCH3 is 1. The number of nitrogens with one attached hydrogen (secondary N) is 1. The molecule has 0 atom stereocenters. The van der Waals surface area contributed by atoms with Crippen molar-refractivity contribution < 1.29 is 38.5 Å². The van der Waals surface area contributed by atoms with Gasteiger partial charge in [0.1, 0.15) is 17.8 Å². The van der Waals surface area contributed by atoms with E-state index in [4.69, 9.17) is 14.4 Å². The molecule has 0 radical (unpaired) electrons. The molecule has 10 heteroatoms. The zero-order valence-corrected chi connectivity index (χ0v) is 12.7. The highest BCUT2D eigenvalue weighted by atomic mass is 32.2. The number of aliphatic hydroxyl groups excluding tert-OH is 1. The van der Waals surface area contributed by atoms with Gasteiger partial charge in [0, 0.05) is 13.7 Å². The second kappa shape index (κ2) is 13.5. The number of aliphatic hydroxyl groups is 1. The van der Waals surface area contributed by atoms with Gasteiger partial charge in [-0.1, -0.05) is 0 Å². The first-order valence-corrected chi connectivity index (χ1v) is 5.82. The van der Waals surface area contributed by atoms with Crippen LogP contribution in [-0.4, -0.2) is 51.9 Å². The summed E-state index contributed by atoms with van der Waals surface area (Å²) in [5.41, 5.74) is -4.44. The van der Waals surface area contributed by atoms with Gasteiger partial charge in [0.25, 0.3) is 0 Å². The predicted molar refractivity (Wildman–Crippen MR) is 73.8 cm³/mol. The number of rotatable bonds is 0. The second-order valence-electron chi connectivity index (χ2n) is 4.18. The summed E-state index contributed by atoms with van der Waals surface area (Å²) in [7, 11) is 1.71. The predicted octanol–water partition coefficient (Wildman–Crippen LogP) is 1.53. The van der Waals surface area contributed by atoms with Gasteiger partial charge in [0.2, 0.25) is 0 Å².